The number of hydrogen-bond donors (Lipinski definition) is 2. The number of amides is 1. The summed E-state index contributed by atoms with van der Waals surface area (Å²) in [6.07, 6.45) is 1.61. The summed E-state index contributed by atoms with van der Waals surface area (Å²) in [5.74, 6) is 0.0421. The van der Waals surface area contributed by atoms with Gasteiger partial charge < -0.3 is 16.0 Å². The molecule has 1 atom stereocenters. The van der Waals surface area contributed by atoms with E-state index >= 15 is 0 Å². The molecule has 1 aromatic carbocycles. The molecular weight excluding hydrogens is 250 g/mol. The zero-order valence-corrected chi connectivity index (χ0v) is 13.1. The summed E-state index contributed by atoms with van der Waals surface area (Å²) >= 11 is 0. The predicted molar refractivity (Wildman–Crippen MR) is 85.8 cm³/mol. The number of benzene rings is 1. The molecule has 0 saturated heterocycles. The largest absolute Gasteiger partial charge is 0.398 e. The van der Waals surface area contributed by atoms with Gasteiger partial charge in [0, 0.05) is 30.4 Å². The first kappa shape index (κ1) is 16.5. The number of nitrogen functional groups attached to an aromatic ring is 1. The van der Waals surface area contributed by atoms with Crippen molar-refractivity contribution in [1.82, 2.24) is 4.90 Å². The summed E-state index contributed by atoms with van der Waals surface area (Å²) < 4.78 is 0. The number of hydrogen-bond acceptors (Lipinski definition) is 3. The highest BCUT2D eigenvalue weighted by Crippen LogP contribution is 2.20. The molecule has 20 heavy (non-hydrogen) atoms. The van der Waals surface area contributed by atoms with Crippen LogP contribution in [-0.2, 0) is 4.79 Å². The van der Waals surface area contributed by atoms with Crippen LogP contribution in [0, 0.1) is 6.92 Å². The minimum absolute atomic E-state index is 0.0421. The van der Waals surface area contributed by atoms with Crippen molar-refractivity contribution in [2.45, 2.75) is 46.6 Å². The molecule has 0 bridgehead atoms. The van der Waals surface area contributed by atoms with Crippen molar-refractivity contribution in [3.63, 3.8) is 0 Å². The van der Waals surface area contributed by atoms with E-state index in [1.165, 1.54) is 0 Å². The standard InChI is InChI=1S/C16H27N3O/c1-5-12(3)19(6-2)11-10-16(20)18-15-9-7-8-14(17)13(15)4/h7-9,12H,5-6,10-11,17H2,1-4H3,(H,18,20). The van der Waals surface area contributed by atoms with Gasteiger partial charge in [0.15, 0.2) is 0 Å². The number of carbonyl (C=O) groups excluding carboxylic acids is 1. The third-order valence-electron chi connectivity index (χ3n) is 3.90. The van der Waals surface area contributed by atoms with Gasteiger partial charge in [-0.15, -0.1) is 0 Å². The van der Waals surface area contributed by atoms with Gasteiger partial charge in [-0.2, -0.15) is 0 Å². The van der Waals surface area contributed by atoms with E-state index in [2.05, 4.69) is 31.0 Å². The molecule has 3 N–H and O–H groups in total. The van der Waals surface area contributed by atoms with Gasteiger partial charge >= 0.3 is 0 Å². The van der Waals surface area contributed by atoms with E-state index in [4.69, 9.17) is 5.73 Å². The molecule has 1 amide bonds. The number of nitrogens with two attached hydrogens (primary N) is 1. The van der Waals surface area contributed by atoms with Crippen LogP contribution in [0.2, 0.25) is 0 Å². The maximum Gasteiger partial charge on any atom is 0.225 e. The van der Waals surface area contributed by atoms with Crippen molar-refractivity contribution < 1.29 is 4.79 Å². The first-order valence-corrected chi connectivity index (χ1v) is 7.38. The second kappa shape index (κ2) is 7.90. The van der Waals surface area contributed by atoms with Gasteiger partial charge in [-0.1, -0.05) is 19.9 Å². The molecule has 4 heteroatoms. The van der Waals surface area contributed by atoms with Crippen LogP contribution in [0.25, 0.3) is 0 Å². The molecule has 0 saturated carbocycles. The maximum absolute atomic E-state index is 12.0. The number of nitrogens with one attached hydrogen (secondary N) is 1. The van der Waals surface area contributed by atoms with Crippen molar-refractivity contribution in [3.05, 3.63) is 23.8 Å². The quantitative estimate of drug-likeness (QED) is 0.753. The molecule has 0 radical (unpaired) electrons. The lowest BCUT2D eigenvalue weighted by Gasteiger charge is -2.26. The van der Waals surface area contributed by atoms with Gasteiger partial charge in [0.05, 0.1) is 0 Å². The lowest BCUT2D eigenvalue weighted by molar-refractivity contribution is -0.116. The predicted octanol–water partition coefficient (Wildman–Crippen LogP) is 3.03. The van der Waals surface area contributed by atoms with E-state index < -0.39 is 0 Å². The van der Waals surface area contributed by atoms with Crippen molar-refractivity contribution in [1.29, 1.82) is 0 Å². The van der Waals surface area contributed by atoms with Crippen LogP contribution in [-0.4, -0.2) is 29.9 Å². The van der Waals surface area contributed by atoms with E-state index in [-0.39, 0.29) is 5.91 Å². The van der Waals surface area contributed by atoms with Crippen molar-refractivity contribution in [2.24, 2.45) is 0 Å². The van der Waals surface area contributed by atoms with Gasteiger partial charge in [0.25, 0.3) is 0 Å². The Morgan fingerprint density at radius 1 is 1.40 bits per heavy atom. The van der Waals surface area contributed by atoms with E-state index in [1.807, 2.05) is 25.1 Å². The lowest BCUT2D eigenvalue weighted by Crippen LogP contribution is -2.35. The Morgan fingerprint density at radius 2 is 2.10 bits per heavy atom. The second-order valence-electron chi connectivity index (χ2n) is 5.20. The average Bonchev–Trinajstić information content (AvgIpc) is 2.44. The molecule has 0 aliphatic carbocycles. The molecule has 1 unspecified atom stereocenters. The number of rotatable bonds is 7. The molecule has 4 nitrogen and oxygen atoms in total. The Hall–Kier alpha value is -1.55. The normalized spacial score (nSPS) is 12.4. The molecule has 0 aliphatic rings. The summed E-state index contributed by atoms with van der Waals surface area (Å²) in [7, 11) is 0. The minimum Gasteiger partial charge on any atom is -0.398 e. The van der Waals surface area contributed by atoms with E-state index in [0.29, 0.717) is 18.2 Å². The first-order chi connectivity index (χ1) is 9.49. The molecular formula is C16H27N3O. The first-order valence-electron chi connectivity index (χ1n) is 7.38. The average molecular weight is 277 g/mol. The van der Waals surface area contributed by atoms with Crippen molar-refractivity contribution in [2.75, 3.05) is 24.1 Å². The van der Waals surface area contributed by atoms with Gasteiger partial charge in [-0.3, -0.25) is 4.79 Å². The smallest absolute Gasteiger partial charge is 0.225 e. The van der Waals surface area contributed by atoms with Gasteiger partial charge in [-0.05, 0) is 44.5 Å². The van der Waals surface area contributed by atoms with Crippen molar-refractivity contribution in [3.8, 4) is 0 Å². The maximum atomic E-state index is 12.0. The summed E-state index contributed by atoms with van der Waals surface area (Å²) in [4.78, 5) is 14.4. The number of carbonyl (C=O) groups is 1. The Labute approximate surface area is 122 Å². The fourth-order valence-electron chi connectivity index (χ4n) is 2.20. The highest BCUT2D eigenvalue weighted by molar-refractivity contribution is 5.92. The second-order valence-corrected chi connectivity index (χ2v) is 5.20. The molecule has 0 heterocycles. The molecule has 0 fully saturated rings. The van der Waals surface area contributed by atoms with E-state index in [1.54, 1.807) is 0 Å². The van der Waals surface area contributed by atoms with Gasteiger partial charge in [0.2, 0.25) is 5.91 Å². The van der Waals surface area contributed by atoms with Crippen molar-refractivity contribution >= 4 is 17.3 Å². The van der Waals surface area contributed by atoms with E-state index in [9.17, 15) is 4.79 Å². The zero-order chi connectivity index (χ0) is 15.1. The summed E-state index contributed by atoms with van der Waals surface area (Å²) in [6.45, 7) is 10.2. The highest BCUT2D eigenvalue weighted by Gasteiger charge is 2.12. The van der Waals surface area contributed by atoms with Crippen LogP contribution in [0.1, 0.15) is 39.2 Å². The minimum atomic E-state index is 0.0421. The molecule has 1 aromatic rings. The summed E-state index contributed by atoms with van der Waals surface area (Å²) in [5, 5.41) is 2.94. The number of anilines is 2. The molecule has 0 aliphatic heterocycles. The van der Waals surface area contributed by atoms with Gasteiger partial charge in [-0.25, -0.2) is 0 Å². The molecule has 0 spiro atoms. The Morgan fingerprint density at radius 3 is 2.70 bits per heavy atom. The highest BCUT2D eigenvalue weighted by atomic mass is 16.1. The lowest BCUT2D eigenvalue weighted by atomic mass is 10.1. The SMILES string of the molecule is CCC(C)N(CC)CCC(=O)Nc1cccc(N)c1C. The topological polar surface area (TPSA) is 58.4 Å². The van der Waals surface area contributed by atoms with E-state index in [0.717, 1.165) is 30.8 Å². The van der Waals surface area contributed by atoms with Crippen LogP contribution >= 0.6 is 0 Å². The fraction of sp³-hybridized carbons (Fsp3) is 0.562. The van der Waals surface area contributed by atoms with Crippen LogP contribution in [0.3, 0.4) is 0 Å². The Bertz CT molecular complexity index is 445. The molecule has 112 valence electrons. The summed E-state index contributed by atoms with van der Waals surface area (Å²) in [5.41, 5.74) is 8.28. The molecule has 0 aromatic heterocycles. The monoisotopic (exact) mass is 277 g/mol. The third kappa shape index (κ3) is 4.53. The third-order valence-corrected chi connectivity index (χ3v) is 3.90. The van der Waals surface area contributed by atoms with Gasteiger partial charge in [0.1, 0.15) is 0 Å². The Kier molecular flexibility index (Phi) is 6.52. The Balaban J connectivity index is 2.53. The molecule has 1 rings (SSSR count). The van der Waals surface area contributed by atoms with Crippen LogP contribution in [0.4, 0.5) is 11.4 Å². The van der Waals surface area contributed by atoms with Crippen LogP contribution in [0.15, 0.2) is 18.2 Å². The fourth-order valence-corrected chi connectivity index (χ4v) is 2.20. The number of nitrogens with zero attached hydrogens (tertiary/aromatic N) is 1. The van der Waals surface area contributed by atoms with Crippen LogP contribution < -0.4 is 11.1 Å². The van der Waals surface area contributed by atoms with Crippen LogP contribution in [0.5, 0.6) is 0 Å². The summed E-state index contributed by atoms with van der Waals surface area (Å²) in [6, 6.07) is 6.10. The zero-order valence-electron chi connectivity index (χ0n) is 13.1.